The van der Waals surface area contributed by atoms with Crippen molar-refractivity contribution in [1.29, 1.82) is 0 Å². The SMILES string of the molecule is CN1CCC[C@H](CNS(=O)(=O)c2ccc(Br)cn2)C1. The predicted octanol–water partition coefficient (Wildman–Crippen LogP) is 1.46. The molecule has 2 heterocycles. The van der Waals surface area contributed by atoms with Crippen LogP contribution in [0.5, 0.6) is 0 Å². The lowest BCUT2D eigenvalue weighted by Gasteiger charge is -2.29. The Morgan fingerprint density at radius 3 is 2.95 bits per heavy atom. The molecule has 7 heteroatoms. The van der Waals surface area contributed by atoms with E-state index in [9.17, 15) is 8.42 Å². The van der Waals surface area contributed by atoms with E-state index in [0.29, 0.717) is 12.5 Å². The lowest BCUT2D eigenvalue weighted by molar-refractivity contribution is 0.211. The fraction of sp³-hybridized carbons (Fsp3) is 0.583. The van der Waals surface area contributed by atoms with Crippen molar-refractivity contribution in [2.24, 2.45) is 5.92 Å². The fourth-order valence-electron chi connectivity index (χ4n) is 2.26. The number of sulfonamides is 1. The zero-order valence-electron chi connectivity index (χ0n) is 10.8. The van der Waals surface area contributed by atoms with E-state index in [1.165, 1.54) is 12.3 Å². The summed E-state index contributed by atoms with van der Waals surface area (Å²) in [4.78, 5) is 6.16. The average Bonchev–Trinajstić information content (AvgIpc) is 2.37. The van der Waals surface area contributed by atoms with Gasteiger partial charge in [-0.2, -0.15) is 0 Å². The normalized spacial score (nSPS) is 21.5. The molecule has 0 aromatic carbocycles. The Morgan fingerprint density at radius 1 is 1.53 bits per heavy atom. The maximum absolute atomic E-state index is 12.1. The fourth-order valence-corrected chi connectivity index (χ4v) is 3.54. The lowest BCUT2D eigenvalue weighted by Crippen LogP contribution is -2.39. The number of piperidine rings is 1. The van der Waals surface area contributed by atoms with Crippen molar-refractivity contribution in [2.75, 3.05) is 26.7 Å². The van der Waals surface area contributed by atoms with Gasteiger partial charge in [0.25, 0.3) is 10.0 Å². The molecule has 1 fully saturated rings. The minimum Gasteiger partial charge on any atom is -0.306 e. The van der Waals surface area contributed by atoms with Gasteiger partial charge >= 0.3 is 0 Å². The molecule has 2 rings (SSSR count). The molecule has 0 bridgehead atoms. The molecule has 0 amide bonds. The number of pyridine rings is 1. The molecule has 1 saturated heterocycles. The largest absolute Gasteiger partial charge is 0.306 e. The van der Waals surface area contributed by atoms with E-state index in [-0.39, 0.29) is 5.03 Å². The molecule has 1 aliphatic heterocycles. The Balaban J connectivity index is 1.96. The van der Waals surface area contributed by atoms with Crippen LogP contribution in [0.3, 0.4) is 0 Å². The predicted molar refractivity (Wildman–Crippen MR) is 77.3 cm³/mol. The molecule has 19 heavy (non-hydrogen) atoms. The smallest absolute Gasteiger partial charge is 0.258 e. The summed E-state index contributed by atoms with van der Waals surface area (Å²) in [6.07, 6.45) is 3.68. The second kappa shape index (κ2) is 6.30. The van der Waals surface area contributed by atoms with Crippen molar-refractivity contribution in [3.63, 3.8) is 0 Å². The first-order chi connectivity index (χ1) is 8.97. The summed E-state index contributed by atoms with van der Waals surface area (Å²) in [7, 11) is -1.43. The van der Waals surface area contributed by atoms with Crippen molar-refractivity contribution in [3.05, 3.63) is 22.8 Å². The minimum absolute atomic E-state index is 0.0693. The molecule has 1 aromatic heterocycles. The van der Waals surface area contributed by atoms with Gasteiger partial charge in [-0.3, -0.25) is 0 Å². The third-order valence-electron chi connectivity index (χ3n) is 3.26. The maximum atomic E-state index is 12.1. The zero-order chi connectivity index (χ0) is 13.9. The summed E-state index contributed by atoms with van der Waals surface area (Å²) >= 11 is 3.24. The van der Waals surface area contributed by atoms with Crippen molar-refractivity contribution >= 4 is 26.0 Å². The van der Waals surface area contributed by atoms with E-state index < -0.39 is 10.0 Å². The number of nitrogens with one attached hydrogen (secondary N) is 1. The molecular formula is C12H18BrN3O2S. The first kappa shape index (κ1) is 14.9. The second-order valence-corrected chi connectivity index (χ2v) is 7.57. The summed E-state index contributed by atoms with van der Waals surface area (Å²) in [6, 6.07) is 3.18. The molecular weight excluding hydrogens is 330 g/mol. The molecule has 1 atom stereocenters. The van der Waals surface area contributed by atoms with Gasteiger partial charge in [-0.05, 0) is 60.4 Å². The van der Waals surface area contributed by atoms with Gasteiger partial charge < -0.3 is 4.90 Å². The van der Waals surface area contributed by atoms with Gasteiger partial charge in [0.2, 0.25) is 0 Å². The molecule has 0 radical (unpaired) electrons. The summed E-state index contributed by atoms with van der Waals surface area (Å²) in [5.74, 6) is 0.379. The summed E-state index contributed by atoms with van der Waals surface area (Å²) in [5.41, 5.74) is 0. The molecule has 106 valence electrons. The first-order valence-corrected chi connectivity index (χ1v) is 8.55. The van der Waals surface area contributed by atoms with Crippen molar-refractivity contribution in [1.82, 2.24) is 14.6 Å². The summed E-state index contributed by atoms with van der Waals surface area (Å²) in [5, 5.41) is 0.0693. The maximum Gasteiger partial charge on any atom is 0.258 e. The molecule has 0 spiro atoms. The van der Waals surface area contributed by atoms with Crippen LogP contribution in [0.15, 0.2) is 27.8 Å². The zero-order valence-corrected chi connectivity index (χ0v) is 13.2. The summed E-state index contributed by atoms with van der Waals surface area (Å²) in [6.45, 7) is 2.51. The topological polar surface area (TPSA) is 62.3 Å². The number of nitrogens with zero attached hydrogens (tertiary/aromatic N) is 2. The van der Waals surface area contributed by atoms with E-state index in [2.05, 4.69) is 37.6 Å². The van der Waals surface area contributed by atoms with Crippen LogP contribution in [0.25, 0.3) is 0 Å². The van der Waals surface area contributed by atoms with E-state index >= 15 is 0 Å². The highest BCUT2D eigenvalue weighted by Gasteiger charge is 2.21. The molecule has 0 saturated carbocycles. The standard InChI is InChI=1S/C12H18BrN3O2S/c1-16-6-2-3-10(9-16)7-15-19(17,18)12-5-4-11(13)8-14-12/h4-5,8,10,15H,2-3,6-7,9H2,1H3/t10-/m1/s1. The van der Waals surface area contributed by atoms with E-state index in [1.807, 2.05) is 0 Å². The molecule has 1 aromatic rings. The van der Waals surface area contributed by atoms with Gasteiger partial charge in [-0.1, -0.05) is 0 Å². The van der Waals surface area contributed by atoms with Gasteiger partial charge in [0, 0.05) is 23.8 Å². The number of likely N-dealkylation sites (tertiary alicyclic amines) is 1. The van der Waals surface area contributed by atoms with E-state index in [0.717, 1.165) is 30.4 Å². The first-order valence-electron chi connectivity index (χ1n) is 6.27. The van der Waals surface area contributed by atoms with Crippen LogP contribution < -0.4 is 4.72 Å². The van der Waals surface area contributed by atoms with Crippen LogP contribution in [-0.4, -0.2) is 45.0 Å². The second-order valence-electron chi connectivity index (χ2n) is 4.94. The Bertz CT molecular complexity index is 518. The third kappa shape index (κ3) is 4.24. The van der Waals surface area contributed by atoms with Crippen LogP contribution in [-0.2, 0) is 10.0 Å². The summed E-state index contributed by atoms with van der Waals surface area (Å²) < 4.78 is 27.5. The van der Waals surface area contributed by atoms with E-state index in [4.69, 9.17) is 0 Å². The van der Waals surface area contributed by atoms with Gasteiger partial charge in [-0.25, -0.2) is 18.1 Å². The highest BCUT2D eigenvalue weighted by atomic mass is 79.9. The minimum atomic E-state index is -3.49. The molecule has 1 aliphatic rings. The van der Waals surface area contributed by atoms with Crippen LogP contribution in [0.2, 0.25) is 0 Å². The monoisotopic (exact) mass is 347 g/mol. The van der Waals surface area contributed by atoms with Crippen LogP contribution in [0.1, 0.15) is 12.8 Å². The average molecular weight is 348 g/mol. The quantitative estimate of drug-likeness (QED) is 0.895. The van der Waals surface area contributed by atoms with Crippen molar-refractivity contribution < 1.29 is 8.42 Å². The number of hydrogen-bond acceptors (Lipinski definition) is 4. The van der Waals surface area contributed by atoms with Crippen molar-refractivity contribution in [2.45, 2.75) is 17.9 Å². The van der Waals surface area contributed by atoms with Crippen LogP contribution in [0.4, 0.5) is 0 Å². The Morgan fingerprint density at radius 2 is 2.32 bits per heavy atom. The molecule has 5 nitrogen and oxygen atoms in total. The number of aromatic nitrogens is 1. The molecule has 0 unspecified atom stereocenters. The Kier molecular flexibility index (Phi) is 4.94. The van der Waals surface area contributed by atoms with E-state index in [1.54, 1.807) is 6.07 Å². The van der Waals surface area contributed by atoms with Crippen LogP contribution >= 0.6 is 15.9 Å². The number of hydrogen-bond donors (Lipinski definition) is 1. The van der Waals surface area contributed by atoms with Crippen LogP contribution in [0, 0.1) is 5.92 Å². The van der Waals surface area contributed by atoms with Gasteiger partial charge in [0.15, 0.2) is 5.03 Å². The number of halogens is 1. The van der Waals surface area contributed by atoms with Gasteiger partial charge in [-0.15, -0.1) is 0 Å². The third-order valence-corrected chi connectivity index (χ3v) is 5.07. The molecule has 0 aliphatic carbocycles. The van der Waals surface area contributed by atoms with Gasteiger partial charge in [0.1, 0.15) is 0 Å². The highest BCUT2D eigenvalue weighted by Crippen LogP contribution is 2.15. The lowest BCUT2D eigenvalue weighted by atomic mass is 9.99. The van der Waals surface area contributed by atoms with Gasteiger partial charge in [0.05, 0.1) is 0 Å². The van der Waals surface area contributed by atoms with Crippen molar-refractivity contribution in [3.8, 4) is 0 Å². The molecule has 1 N–H and O–H groups in total. The Labute approximate surface area is 122 Å². The highest BCUT2D eigenvalue weighted by molar-refractivity contribution is 9.10. The Hall–Kier alpha value is -0.500. The number of rotatable bonds is 4.